The van der Waals surface area contributed by atoms with Crippen LogP contribution in [0.15, 0.2) is 35.1 Å². The minimum absolute atomic E-state index is 0.168. The number of nitrogens with one attached hydrogen (secondary N) is 2. The Morgan fingerprint density at radius 1 is 1.21 bits per heavy atom. The Morgan fingerprint density at radius 2 is 1.96 bits per heavy atom. The maximum atomic E-state index is 12.4. The Kier molecular flexibility index (Phi) is 4.80. The second kappa shape index (κ2) is 7.27. The van der Waals surface area contributed by atoms with Gasteiger partial charge in [-0.3, -0.25) is 29.6 Å². The fourth-order valence-corrected chi connectivity index (χ4v) is 4.81. The average molecular weight is 398 g/mol. The highest BCUT2D eigenvalue weighted by Crippen LogP contribution is 2.32. The van der Waals surface area contributed by atoms with Gasteiger partial charge in [-0.1, -0.05) is 19.1 Å². The molecule has 0 spiro atoms. The molecular weight excluding hydrogens is 376 g/mol. The van der Waals surface area contributed by atoms with Crippen LogP contribution in [0, 0.1) is 5.92 Å². The number of hydrogen-bond donors (Lipinski definition) is 2. The first-order valence-corrected chi connectivity index (χ1v) is 10.1. The number of para-hydroxylation sites is 2. The molecule has 28 heavy (non-hydrogen) atoms. The lowest BCUT2D eigenvalue weighted by Gasteiger charge is -2.16. The number of carbonyl (C=O) groups excluding carboxylic acids is 2. The van der Waals surface area contributed by atoms with Gasteiger partial charge in [0.05, 0.1) is 15.9 Å². The van der Waals surface area contributed by atoms with Crippen LogP contribution in [0.3, 0.4) is 0 Å². The molecule has 8 heteroatoms. The van der Waals surface area contributed by atoms with Gasteiger partial charge in [-0.2, -0.15) is 0 Å². The summed E-state index contributed by atoms with van der Waals surface area (Å²) in [4.78, 5) is 38.9. The molecule has 1 unspecified atom stereocenters. The molecule has 0 bridgehead atoms. The zero-order valence-electron chi connectivity index (χ0n) is 15.8. The van der Waals surface area contributed by atoms with Gasteiger partial charge in [-0.15, -0.1) is 11.3 Å². The quantitative estimate of drug-likeness (QED) is 0.662. The molecule has 146 valence electrons. The number of benzene rings is 1. The molecule has 2 aromatic heterocycles. The molecule has 2 N–H and O–H groups in total. The van der Waals surface area contributed by atoms with Crippen molar-refractivity contribution >= 4 is 34.2 Å². The van der Waals surface area contributed by atoms with E-state index >= 15 is 0 Å². The molecule has 2 amide bonds. The Morgan fingerprint density at radius 3 is 2.75 bits per heavy atom. The monoisotopic (exact) mass is 398 g/mol. The van der Waals surface area contributed by atoms with E-state index in [9.17, 15) is 14.4 Å². The summed E-state index contributed by atoms with van der Waals surface area (Å²) in [7, 11) is 1.67. The van der Waals surface area contributed by atoms with Crippen LogP contribution in [0.1, 0.15) is 33.5 Å². The second-order valence-corrected chi connectivity index (χ2v) is 8.46. The van der Waals surface area contributed by atoms with Crippen LogP contribution in [0.5, 0.6) is 0 Å². The van der Waals surface area contributed by atoms with Crippen molar-refractivity contribution in [1.82, 2.24) is 20.0 Å². The second-order valence-electron chi connectivity index (χ2n) is 7.33. The maximum Gasteiger partial charge on any atom is 0.329 e. The fraction of sp³-hybridized carbons (Fsp3) is 0.350. The number of hydrazine groups is 1. The molecule has 1 aliphatic carbocycles. The molecular formula is C20H22N4O3S. The molecule has 1 atom stereocenters. The standard InChI is InChI=1S/C20H22N4O3S/c1-12-7-8-16-13(9-12)10-17(28-16)19(26)22-21-18(25)11-24-15-6-4-3-5-14(15)23(2)20(24)27/h3-6,10,12H,7-9,11H2,1-2H3,(H,21,25)(H,22,26). The number of carbonyl (C=O) groups is 2. The normalized spacial score (nSPS) is 16.0. The first kappa shape index (κ1) is 18.5. The summed E-state index contributed by atoms with van der Waals surface area (Å²) < 4.78 is 2.89. The molecule has 0 saturated carbocycles. The SMILES string of the molecule is CC1CCc2sc(C(=O)NNC(=O)Cn3c(=O)n(C)c4ccccc43)cc2C1. The molecule has 7 nitrogen and oxygen atoms in total. The van der Waals surface area contributed by atoms with Gasteiger partial charge in [0.25, 0.3) is 11.8 Å². The molecule has 4 rings (SSSR count). The summed E-state index contributed by atoms with van der Waals surface area (Å²) in [6.45, 7) is 2.05. The van der Waals surface area contributed by atoms with Gasteiger partial charge in [0.2, 0.25) is 0 Å². The minimum Gasteiger partial charge on any atom is -0.295 e. The molecule has 0 radical (unpaired) electrons. The van der Waals surface area contributed by atoms with Crippen molar-refractivity contribution in [2.24, 2.45) is 13.0 Å². The van der Waals surface area contributed by atoms with Crippen LogP contribution in [-0.2, 0) is 31.2 Å². The van der Waals surface area contributed by atoms with E-state index in [1.54, 1.807) is 13.1 Å². The van der Waals surface area contributed by atoms with Gasteiger partial charge < -0.3 is 0 Å². The summed E-state index contributed by atoms with van der Waals surface area (Å²) in [6.07, 6.45) is 3.14. The highest BCUT2D eigenvalue weighted by atomic mass is 32.1. The van der Waals surface area contributed by atoms with E-state index in [0.717, 1.165) is 24.8 Å². The summed E-state index contributed by atoms with van der Waals surface area (Å²) in [5.41, 5.74) is 7.28. The Hall–Kier alpha value is -2.87. The predicted octanol–water partition coefficient (Wildman–Crippen LogP) is 1.99. The zero-order chi connectivity index (χ0) is 19.8. The van der Waals surface area contributed by atoms with Crippen LogP contribution in [0.25, 0.3) is 11.0 Å². The highest BCUT2D eigenvalue weighted by molar-refractivity contribution is 7.14. The molecule has 0 fully saturated rings. The topological polar surface area (TPSA) is 85.1 Å². The van der Waals surface area contributed by atoms with Crippen LogP contribution >= 0.6 is 11.3 Å². The number of imidazole rings is 1. The average Bonchev–Trinajstić information content (AvgIpc) is 3.21. The molecule has 0 saturated heterocycles. The molecule has 1 aromatic carbocycles. The van der Waals surface area contributed by atoms with Gasteiger partial charge in [0, 0.05) is 11.9 Å². The van der Waals surface area contributed by atoms with Crippen molar-refractivity contribution in [3.8, 4) is 0 Å². The number of aromatic nitrogens is 2. The zero-order valence-corrected chi connectivity index (χ0v) is 16.6. The largest absolute Gasteiger partial charge is 0.329 e. The lowest BCUT2D eigenvalue weighted by Crippen LogP contribution is -2.44. The van der Waals surface area contributed by atoms with Gasteiger partial charge in [-0.25, -0.2) is 4.79 Å². The van der Waals surface area contributed by atoms with Crippen molar-refractivity contribution in [3.63, 3.8) is 0 Å². The summed E-state index contributed by atoms with van der Waals surface area (Å²) >= 11 is 1.49. The van der Waals surface area contributed by atoms with Gasteiger partial charge in [-0.05, 0) is 48.9 Å². The van der Waals surface area contributed by atoms with E-state index < -0.39 is 5.91 Å². The smallest absolute Gasteiger partial charge is 0.295 e. The molecule has 3 aromatic rings. The first-order chi connectivity index (χ1) is 13.4. The van der Waals surface area contributed by atoms with Crippen LogP contribution in [0.2, 0.25) is 0 Å². The minimum atomic E-state index is -0.457. The van der Waals surface area contributed by atoms with Gasteiger partial charge in [0.15, 0.2) is 0 Å². The Bertz CT molecular complexity index is 1120. The number of nitrogens with zero attached hydrogens (tertiary/aromatic N) is 2. The number of hydrogen-bond acceptors (Lipinski definition) is 4. The lowest BCUT2D eigenvalue weighted by molar-refractivity contribution is -0.122. The number of aryl methyl sites for hydroxylation is 2. The number of thiophene rings is 1. The Balaban J connectivity index is 1.42. The van der Waals surface area contributed by atoms with E-state index in [-0.39, 0.29) is 18.1 Å². The lowest BCUT2D eigenvalue weighted by atomic mass is 9.90. The van der Waals surface area contributed by atoms with Crippen molar-refractivity contribution in [2.75, 3.05) is 0 Å². The van der Waals surface area contributed by atoms with E-state index in [2.05, 4.69) is 17.8 Å². The third-order valence-corrected chi connectivity index (χ3v) is 6.46. The van der Waals surface area contributed by atoms with Crippen LogP contribution in [-0.4, -0.2) is 20.9 Å². The number of fused-ring (bicyclic) bond motifs is 2. The van der Waals surface area contributed by atoms with Crippen molar-refractivity contribution in [2.45, 2.75) is 32.7 Å². The Labute approximate surface area is 165 Å². The van der Waals surface area contributed by atoms with Crippen LogP contribution < -0.4 is 16.5 Å². The molecule has 0 aliphatic heterocycles. The van der Waals surface area contributed by atoms with E-state index in [0.29, 0.717) is 16.3 Å². The van der Waals surface area contributed by atoms with Crippen molar-refractivity contribution < 1.29 is 9.59 Å². The molecule has 2 heterocycles. The number of rotatable bonds is 3. The van der Waals surface area contributed by atoms with E-state index in [4.69, 9.17) is 0 Å². The molecule has 1 aliphatic rings. The summed E-state index contributed by atoms with van der Waals surface area (Å²) in [5, 5.41) is 0. The third-order valence-electron chi connectivity index (χ3n) is 5.22. The highest BCUT2D eigenvalue weighted by Gasteiger charge is 2.21. The van der Waals surface area contributed by atoms with Gasteiger partial charge in [0.1, 0.15) is 6.54 Å². The van der Waals surface area contributed by atoms with Gasteiger partial charge >= 0.3 is 5.69 Å². The van der Waals surface area contributed by atoms with Crippen LogP contribution in [0.4, 0.5) is 0 Å². The van der Waals surface area contributed by atoms with E-state index in [1.165, 1.54) is 30.9 Å². The first-order valence-electron chi connectivity index (χ1n) is 9.29. The number of amides is 2. The van der Waals surface area contributed by atoms with Crippen molar-refractivity contribution in [3.05, 3.63) is 56.1 Å². The fourth-order valence-electron chi connectivity index (χ4n) is 3.70. The van der Waals surface area contributed by atoms with Crippen molar-refractivity contribution in [1.29, 1.82) is 0 Å². The summed E-state index contributed by atoms with van der Waals surface area (Å²) in [5.74, 6) is -0.149. The van der Waals surface area contributed by atoms with E-state index in [1.807, 2.05) is 24.3 Å². The third kappa shape index (κ3) is 3.35. The summed E-state index contributed by atoms with van der Waals surface area (Å²) in [6, 6.07) is 9.20. The maximum absolute atomic E-state index is 12.4. The predicted molar refractivity (Wildman–Crippen MR) is 108 cm³/mol.